The molecule has 0 radical (unpaired) electrons. The lowest BCUT2D eigenvalue weighted by Crippen LogP contribution is -2.29. The summed E-state index contributed by atoms with van der Waals surface area (Å²) in [6, 6.07) is 11.1. The first-order valence-electron chi connectivity index (χ1n) is 8.35. The maximum atomic E-state index is 12.5. The molecule has 9 heteroatoms. The number of amides is 1. The van der Waals surface area contributed by atoms with Crippen LogP contribution in [0.2, 0.25) is 0 Å². The number of nitrogens with one attached hydrogen (secondary N) is 1. The van der Waals surface area contributed by atoms with Crippen molar-refractivity contribution in [3.05, 3.63) is 46.9 Å². The summed E-state index contributed by atoms with van der Waals surface area (Å²) in [5, 5.41) is 12.1. The summed E-state index contributed by atoms with van der Waals surface area (Å²) in [5.41, 5.74) is 0.662. The van der Waals surface area contributed by atoms with Crippen molar-refractivity contribution in [1.29, 1.82) is 0 Å². The monoisotopic (exact) mass is 403 g/mol. The van der Waals surface area contributed by atoms with Gasteiger partial charge in [-0.2, -0.15) is 9.61 Å². The van der Waals surface area contributed by atoms with Crippen molar-refractivity contribution < 1.29 is 4.79 Å². The summed E-state index contributed by atoms with van der Waals surface area (Å²) in [5.74, 6) is -0.317. The highest BCUT2D eigenvalue weighted by atomic mass is 32.2. The van der Waals surface area contributed by atoms with Gasteiger partial charge < -0.3 is 5.32 Å². The topological polar surface area (TPSA) is 81.3 Å². The lowest BCUT2D eigenvalue weighted by atomic mass is 10.3. The van der Waals surface area contributed by atoms with Crippen molar-refractivity contribution in [2.75, 3.05) is 11.6 Å². The highest BCUT2D eigenvalue weighted by Crippen LogP contribution is 2.29. The van der Waals surface area contributed by atoms with Crippen LogP contribution in [0.15, 0.2) is 51.1 Å². The Kier molecular flexibility index (Phi) is 5.61. The van der Waals surface area contributed by atoms with Gasteiger partial charge in [0.05, 0.1) is 0 Å². The average molecular weight is 404 g/mol. The Morgan fingerprint density at radius 1 is 1.19 bits per heavy atom. The van der Waals surface area contributed by atoms with Crippen molar-refractivity contribution in [2.24, 2.45) is 0 Å². The molecule has 0 aliphatic carbocycles. The van der Waals surface area contributed by atoms with E-state index >= 15 is 0 Å². The number of nitrogens with zero attached hydrogens (tertiary/aromatic N) is 4. The van der Waals surface area contributed by atoms with Gasteiger partial charge in [-0.05, 0) is 36.6 Å². The molecular formula is C18H21N5O2S2. The molecule has 3 aromatic rings. The molecule has 142 valence electrons. The number of carbonyl (C=O) groups is 1. The zero-order valence-electron chi connectivity index (χ0n) is 15.6. The quantitative estimate of drug-likeness (QED) is 0.659. The summed E-state index contributed by atoms with van der Waals surface area (Å²) in [6.45, 7) is 6.05. The van der Waals surface area contributed by atoms with E-state index in [4.69, 9.17) is 0 Å². The molecule has 1 N–H and O–H groups in total. The van der Waals surface area contributed by atoms with E-state index in [1.54, 1.807) is 29.6 Å². The van der Waals surface area contributed by atoms with E-state index < -0.39 is 5.69 Å². The molecule has 0 spiro atoms. The van der Waals surface area contributed by atoms with Crippen LogP contribution in [0, 0.1) is 0 Å². The third kappa shape index (κ3) is 4.92. The fourth-order valence-corrected chi connectivity index (χ4v) is 3.75. The zero-order chi connectivity index (χ0) is 19.6. The molecule has 0 bridgehead atoms. The maximum Gasteiger partial charge on any atom is 0.367 e. The summed E-state index contributed by atoms with van der Waals surface area (Å²) < 4.78 is 2.34. The number of hydrogen-bond acceptors (Lipinski definition) is 6. The fourth-order valence-electron chi connectivity index (χ4n) is 2.40. The number of fused-ring (bicyclic) bond motifs is 1. The van der Waals surface area contributed by atoms with Crippen LogP contribution in [-0.2, 0) is 11.3 Å². The van der Waals surface area contributed by atoms with Gasteiger partial charge in [0, 0.05) is 15.3 Å². The van der Waals surface area contributed by atoms with E-state index in [0.29, 0.717) is 11.3 Å². The fraction of sp³-hybridized carbons (Fsp3) is 0.333. The van der Waals surface area contributed by atoms with E-state index in [0.717, 1.165) is 14.6 Å². The molecule has 0 aliphatic heterocycles. The molecule has 1 amide bonds. The Balaban J connectivity index is 1.79. The standard InChI is InChI=1S/C18H21N5O2S2/c1-18(2,3)27-16-9-8-14-20-22(17(25)23(14)21-16)11-15(24)19-12-6-5-7-13(10-12)26-4/h5-10H,11H2,1-4H3,(H,19,24). The minimum absolute atomic E-state index is 0.0223. The van der Waals surface area contributed by atoms with Crippen LogP contribution in [-0.4, -0.2) is 36.3 Å². The summed E-state index contributed by atoms with van der Waals surface area (Å²) in [6.07, 6.45) is 1.97. The molecule has 0 atom stereocenters. The third-order valence-electron chi connectivity index (χ3n) is 3.47. The highest BCUT2D eigenvalue weighted by molar-refractivity contribution is 8.00. The molecule has 0 unspecified atom stereocenters. The van der Waals surface area contributed by atoms with Crippen molar-refractivity contribution in [2.45, 2.75) is 42.0 Å². The average Bonchev–Trinajstić information content (AvgIpc) is 2.89. The van der Waals surface area contributed by atoms with Crippen LogP contribution in [0.5, 0.6) is 0 Å². The van der Waals surface area contributed by atoms with Gasteiger partial charge in [-0.15, -0.1) is 16.9 Å². The van der Waals surface area contributed by atoms with Crippen molar-refractivity contribution in [3.63, 3.8) is 0 Å². The normalized spacial score (nSPS) is 11.7. The van der Waals surface area contributed by atoms with Gasteiger partial charge in [-0.25, -0.2) is 9.48 Å². The number of rotatable bonds is 5. The largest absolute Gasteiger partial charge is 0.367 e. The Morgan fingerprint density at radius 3 is 2.67 bits per heavy atom. The van der Waals surface area contributed by atoms with Gasteiger partial charge in [0.1, 0.15) is 11.6 Å². The van der Waals surface area contributed by atoms with Crippen LogP contribution in [0.1, 0.15) is 20.8 Å². The van der Waals surface area contributed by atoms with Gasteiger partial charge >= 0.3 is 5.69 Å². The summed E-state index contributed by atoms with van der Waals surface area (Å²) >= 11 is 3.16. The molecule has 0 saturated carbocycles. The Bertz CT molecular complexity index is 1040. The molecule has 27 heavy (non-hydrogen) atoms. The minimum Gasteiger partial charge on any atom is -0.324 e. The zero-order valence-corrected chi connectivity index (χ0v) is 17.2. The number of thioether (sulfide) groups is 2. The highest BCUT2D eigenvalue weighted by Gasteiger charge is 2.16. The van der Waals surface area contributed by atoms with E-state index in [-0.39, 0.29) is 17.2 Å². The van der Waals surface area contributed by atoms with Crippen molar-refractivity contribution in [1.82, 2.24) is 19.4 Å². The second-order valence-electron chi connectivity index (χ2n) is 6.88. The number of benzene rings is 1. The second-order valence-corrected chi connectivity index (χ2v) is 9.60. The van der Waals surface area contributed by atoms with Crippen molar-refractivity contribution in [3.8, 4) is 0 Å². The van der Waals surface area contributed by atoms with Crippen LogP contribution in [0.25, 0.3) is 5.65 Å². The van der Waals surface area contributed by atoms with Gasteiger partial charge in [-0.1, -0.05) is 38.6 Å². The van der Waals surface area contributed by atoms with Crippen molar-refractivity contribution >= 4 is 40.8 Å². The predicted molar refractivity (Wildman–Crippen MR) is 110 cm³/mol. The predicted octanol–water partition coefficient (Wildman–Crippen LogP) is 3.14. The first kappa shape index (κ1) is 19.5. The van der Waals surface area contributed by atoms with E-state index in [2.05, 4.69) is 36.3 Å². The number of carbonyl (C=O) groups excluding carboxylic acids is 1. The Hall–Kier alpha value is -2.26. The molecule has 2 aromatic heterocycles. The smallest absolute Gasteiger partial charge is 0.324 e. The van der Waals surface area contributed by atoms with Gasteiger partial charge in [0.2, 0.25) is 5.91 Å². The Morgan fingerprint density at radius 2 is 1.96 bits per heavy atom. The minimum atomic E-state index is -0.436. The van der Waals surface area contributed by atoms with Gasteiger partial charge in [0.25, 0.3) is 0 Å². The van der Waals surface area contributed by atoms with Gasteiger partial charge in [-0.3, -0.25) is 4.79 Å². The summed E-state index contributed by atoms with van der Waals surface area (Å²) in [7, 11) is 0. The number of anilines is 1. The first-order chi connectivity index (χ1) is 12.7. The lowest BCUT2D eigenvalue weighted by molar-refractivity contribution is -0.117. The van der Waals surface area contributed by atoms with Crippen LogP contribution in [0.4, 0.5) is 5.69 Å². The SMILES string of the molecule is CSc1cccc(NC(=O)Cn2nc3ccc(SC(C)(C)C)nn3c2=O)c1. The van der Waals surface area contributed by atoms with Crippen LogP contribution in [0.3, 0.4) is 0 Å². The van der Waals surface area contributed by atoms with Gasteiger partial charge in [0.15, 0.2) is 5.65 Å². The van der Waals surface area contributed by atoms with Crippen LogP contribution < -0.4 is 11.0 Å². The number of hydrogen-bond donors (Lipinski definition) is 1. The molecular weight excluding hydrogens is 382 g/mol. The molecule has 0 saturated heterocycles. The molecule has 3 rings (SSSR count). The summed E-state index contributed by atoms with van der Waals surface area (Å²) in [4.78, 5) is 25.9. The molecule has 0 aliphatic rings. The first-order valence-corrected chi connectivity index (χ1v) is 10.4. The van der Waals surface area contributed by atoms with E-state index in [9.17, 15) is 9.59 Å². The lowest BCUT2D eigenvalue weighted by Gasteiger charge is -2.16. The molecule has 1 aromatic carbocycles. The third-order valence-corrected chi connectivity index (χ3v) is 5.24. The second kappa shape index (κ2) is 7.77. The Labute approximate surface area is 165 Å². The molecule has 2 heterocycles. The maximum absolute atomic E-state index is 12.5. The van der Waals surface area contributed by atoms with E-state index in [1.807, 2.05) is 36.6 Å². The molecule has 0 fully saturated rings. The van der Waals surface area contributed by atoms with E-state index in [1.165, 1.54) is 4.52 Å². The van der Waals surface area contributed by atoms with Crippen LogP contribution >= 0.6 is 23.5 Å². The number of aromatic nitrogens is 4. The molecule has 7 nitrogen and oxygen atoms in total.